The van der Waals surface area contributed by atoms with Gasteiger partial charge in [0.15, 0.2) is 5.13 Å². The van der Waals surface area contributed by atoms with E-state index in [-0.39, 0.29) is 0 Å². The number of aromatic nitrogens is 1. The van der Waals surface area contributed by atoms with Gasteiger partial charge in [-0.2, -0.15) is 0 Å². The standard InChI is InChI=1S/C16H11Cl3N2S/c17-11-2-4-12(5-3-11)21-16-20-9-13(22-16)7-10-1-6-14(18)15(19)8-10/h1-6,8-9H,7H2,(H,20,21). The molecule has 0 fully saturated rings. The van der Waals surface area contributed by atoms with Crippen molar-refractivity contribution < 1.29 is 0 Å². The number of nitrogens with zero attached hydrogens (tertiary/aromatic N) is 1. The molecule has 1 N–H and O–H groups in total. The molecule has 0 radical (unpaired) electrons. The number of rotatable bonds is 4. The maximum Gasteiger partial charge on any atom is 0.187 e. The number of thiazole rings is 1. The van der Waals surface area contributed by atoms with E-state index in [9.17, 15) is 0 Å². The van der Waals surface area contributed by atoms with Crippen LogP contribution in [-0.2, 0) is 6.42 Å². The first-order valence-electron chi connectivity index (χ1n) is 6.51. The summed E-state index contributed by atoms with van der Waals surface area (Å²) in [6.45, 7) is 0. The van der Waals surface area contributed by atoms with Crippen LogP contribution in [-0.4, -0.2) is 4.98 Å². The second-order valence-electron chi connectivity index (χ2n) is 4.69. The van der Waals surface area contributed by atoms with Crippen LogP contribution in [0.4, 0.5) is 10.8 Å². The molecule has 0 bridgehead atoms. The van der Waals surface area contributed by atoms with Crippen LogP contribution < -0.4 is 5.32 Å². The fourth-order valence-corrected chi connectivity index (χ4v) is 3.27. The summed E-state index contributed by atoms with van der Waals surface area (Å²) in [7, 11) is 0. The lowest BCUT2D eigenvalue weighted by Crippen LogP contribution is -1.87. The summed E-state index contributed by atoms with van der Waals surface area (Å²) in [4.78, 5) is 5.53. The van der Waals surface area contributed by atoms with E-state index in [0.717, 1.165) is 27.7 Å². The lowest BCUT2D eigenvalue weighted by Gasteiger charge is -2.02. The van der Waals surface area contributed by atoms with Crippen LogP contribution in [0, 0.1) is 0 Å². The zero-order chi connectivity index (χ0) is 15.5. The fourth-order valence-electron chi connectivity index (χ4n) is 1.95. The van der Waals surface area contributed by atoms with Gasteiger partial charge in [-0.15, -0.1) is 11.3 Å². The molecule has 0 aliphatic rings. The normalized spacial score (nSPS) is 10.7. The molecule has 3 aromatic rings. The molecule has 0 atom stereocenters. The zero-order valence-electron chi connectivity index (χ0n) is 11.3. The smallest absolute Gasteiger partial charge is 0.187 e. The van der Waals surface area contributed by atoms with E-state index in [4.69, 9.17) is 34.8 Å². The molecule has 3 rings (SSSR count). The molecule has 0 unspecified atom stereocenters. The van der Waals surface area contributed by atoms with Gasteiger partial charge in [-0.25, -0.2) is 4.98 Å². The van der Waals surface area contributed by atoms with Crippen molar-refractivity contribution in [3.63, 3.8) is 0 Å². The first kappa shape index (κ1) is 15.6. The largest absolute Gasteiger partial charge is 0.332 e. The van der Waals surface area contributed by atoms with Crippen LogP contribution in [0.1, 0.15) is 10.4 Å². The molecule has 0 amide bonds. The number of hydrogen-bond donors (Lipinski definition) is 1. The molecule has 6 heteroatoms. The van der Waals surface area contributed by atoms with Crippen LogP contribution in [0.3, 0.4) is 0 Å². The molecular weight excluding hydrogens is 359 g/mol. The predicted molar refractivity (Wildman–Crippen MR) is 96.1 cm³/mol. The second kappa shape index (κ2) is 6.88. The minimum Gasteiger partial charge on any atom is -0.332 e. The third-order valence-corrected chi connectivity index (χ3v) is 4.92. The van der Waals surface area contributed by atoms with Crippen molar-refractivity contribution >= 4 is 57.0 Å². The minimum absolute atomic E-state index is 0.569. The van der Waals surface area contributed by atoms with E-state index in [2.05, 4.69) is 10.3 Å². The first-order chi connectivity index (χ1) is 10.6. The van der Waals surface area contributed by atoms with Crippen molar-refractivity contribution in [3.8, 4) is 0 Å². The molecule has 2 aromatic carbocycles. The SMILES string of the molecule is Clc1ccc(Nc2ncc(Cc3ccc(Cl)c(Cl)c3)s2)cc1. The van der Waals surface area contributed by atoms with E-state index >= 15 is 0 Å². The summed E-state index contributed by atoms with van der Waals surface area (Å²) in [6, 6.07) is 13.2. The molecule has 0 saturated carbocycles. The number of hydrogen-bond acceptors (Lipinski definition) is 3. The van der Waals surface area contributed by atoms with Gasteiger partial charge in [-0.1, -0.05) is 40.9 Å². The Kier molecular flexibility index (Phi) is 4.89. The Bertz CT molecular complexity index is 784. The first-order valence-corrected chi connectivity index (χ1v) is 8.46. The summed E-state index contributed by atoms with van der Waals surface area (Å²) < 4.78 is 0. The summed E-state index contributed by atoms with van der Waals surface area (Å²) in [5, 5.41) is 5.96. The van der Waals surface area contributed by atoms with Crippen LogP contribution >= 0.6 is 46.1 Å². The summed E-state index contributed by atoms with van der Waals surface area (Å²) >= 11 is 19.4. The predicted octanol–water partition coefficient (Wildman–Crippen LogP) is 6.44. The van der Waals surface area contributed by atoms with Gasteiger partial charge in [-0.05, 0) is 42.0 Å². The van der Waals surface area contributed by atoms with Gasteiger partial charge in [0.1, 0.15) is 0 Å². The average molecular weight is 370 g/mol. The van der Waals surface area contributed by atoms with Crippen LogP contribution in [0.25, 0.3) is 0 Å². The Morgan fingerprint density at radius 1 is 0.955 bits per heavy atom. The fraction of sp³-hybridized carbons (Fsp3) is 0.0625. The van der Waals surface area contributed by atoms with Gasteiger partial charge >= 0.3 is 0 Å². The molecule has 22 heavy (non-hydrogen) atoms. The maximum absolute atomic E-state index is 6.04. The number of benzene rings is 2. The molecule has 1 heterocycles. The van der Waals surface area contributed by atoms with Gasteiger partial charge in [0.25, 0.3) is 0 Å². The van der Waals surface area contributed by atoms with E-state index in [0.29, 0.717) is 15.1 Å². The number of halogens is 3. The van der Waals surface area contributed by atoms with Crippen molar-refractivity contribution in [3.05, 3.63) is 74.2 Å². The van der Waals surface area contributed by atoms with E-state index in [1.807, 2.05) is 48.7 Å². The van der Waals surface area contributed by atoms with Crippen LogP contribution in [0.5, 0.6) is 0 Å². The van der Waals surface area contributed by atoms with Crippen molar-refractivity contribution in [2.45, 2.75) is 6.42 Å². The Morgan fingerprint density at radius 3 is 2.45 bits per heavy atom. The molecular formula is C16H11Cl3N2S. The number of anilines is 2. The van der Waals surface area contributed by atoms with Crippen LogP contribution in [0.2, 0.25) is 15.1 Å². The van der Waals surface area contributed by atoms with Crippen LogP contribution in [0.15, 0.2) is 48.7 Å². The zero-order valence-corrected chi connectivity index (χ0v) is 14.4. The van der Waals surface area contributed by atoms with Crippen molar-refractivity contribution in [1.29, 1.82) is 0 Å². The van der Waals surface area contributed by atoms with Gasteiger partial charge in [0.05, 0.1) is 10.0 Å². The quantitative estimate of drug-likeness (QED) is 0.572. The molecule has 0 aliphatic heterocycles. The monoisotopic (exact) mass is 368 g/mol. The second-order valence-corrected chi connectivity index (χ2v) is 7.05. The topological polar surface area (TPSA) is 24.9 Å². The molecule has 1 aromatic heterocycles. The molecule has 0 spiro atoms. The lowest BCUT2D eigenvalue weighted by atomic mass is 10.1. The Labute approximate surface area is 147 Å². The average Bonchev–Trinajstić information content (AvgIpc) is 2.93. The number of nitrogens with one attached hydrogen (secondary N) is 1. The molecule has 2 nitrogen and oxygen atoms in total. The van der Waals surface area contributed by atoms with Gasteiger partial charge in [0, 0.05) is 28.2 Å². The molecule has 112 valence electrons. The lowest BCUT2D eigenvalue weighted by molar-refractivity contribution is 1.22. The Balaban J connectivity index is 1.70. The highest BCUT2D eigenvalue weighted by molar-refractivity contribution is 7.15. The highest BCUT2D eigenvalue weighted by atomic mass is 35.5. The Morgan fingerprint density at radius 2 is 1.73 bits per heavy atom. The van der Waals surface area contributed by atoms with E-state index in [1.165, 1.54) is 0 Å². The van der Waals surface area contributed by atoms with Gasteiger partial charge in [-0.3, -0.25) is 0 Å². The van der Waals surface area contributed by atoms with Crippen molar-refractivity contribution in [2.75, 3.05) is 5.32 Å². The van der Waals surface area contributed by atoms with E-state index < -0.39 is 0 Å². The summed E-state index contributed by atoms with van der Waals surface area (Å²) in [6.07, 6.45) is 2.64. The van der Waals surface area contributed by atoms with Crippen molar-refractivity contribution in [1.82, 2.24) is 4.98 Å². The highest BCUT2D eigenvalue weighted by Crippen LogP contribution is 2.27. The summed E-state index contributed by atoms with van der Waals surface area (Å²) in [5.41, 5.74) is 2.07. The summed E-state index contributed by atoms with van der Waals surface area (Å²) in [5.74, 6) is 0. The van der Waals surface area contributed by atoms with Gasteiger partial charge < -0.3 is 5.32 Å². The van der Waals surface area contributed by atoms with Crippen molar-refractivity contribution in [2.24, 2.45) is 0 Å². The minimum atomic E-state index is 0.569. The highest BCUT2D eigenvalue weighted by Gasteiger charge is 2.05. The third-order valence-electron chi connectivity index (χ3n) is 3.01. The third kappa shape index (κ3) is 3.93. The molecule has 0 aliphatic carbocycles. The Hall–Kier alpha value is -1.26. The maximum atomic E-state index is 6.04. The van der Waals surface area contributed by atoms with Gasteiger partial charge in [0.2, 0.25) is 0 Å². The molecule has 0 saturated heterocycles. The van der Waals surface area contributed by atoms with E-state index in [1.54, 1.807) is 11.3 Å².